The van der Waals surface area contributed by atoms with Gasteiger partial charge in [0.2, 0.25) is 0 Å². The molecule has 1 saturated heterocycles. The number of hydrogen-bond acceptors (Lipinski definition) is 8. The molecule has 39 heavy (non-hydrogen) atoms. The van der Waals surface area contributed by atoms with Crippen LogP contribution < -0.4 is 10.1 Å². The molecule has 0 radical (unpaired) electrons. The van der Waals surface area contributed by atoms with Gasteiger partial charge >= 0.3 is 12.3 Å². The van der Waals surface area contributed by atoms with Crippen molar-refractivity contribution in [1.29, 1.82) is 0 Å². The number of nitrogens with one attached hydrogen (secondary N) is 1. The fourth-order valence-corrected chi connectivity index (χ4v) is 4.64. The summed E-state index contributed by atoms with van der Waals surface area (Å²) in [6.45, 7) is 4.32. The number of alkyl halides is 3. The number of thiazole rings is 1. The summed E-state index contributed by atoms with van der Waals surface area (Å²) in [6.07, 6.45) is -3.58. The van der Waals surface area contributed by atoms with E-state index in [1.807, 2.05) is 6.92 Å². The molecule has 1 fully saturated rings. The number of rotatable bonds is 8. The Kier molecular flexibility index (Phi) is 8.65. The number of carbonyl (C=O) groups is 2. The van der Waals surface area contributed by atoms with Crippen LogP contribution >= 0.6 is 11.3 Å². The number of amides is 2. The van der Waals surface area contributed by atoms with Crippen molar-refractivity contribution >= 4 is 23.3 Å². The van der Waals surface area contributed by atoms with Gasteiger partial charge in [0, 0.05) is 28.7 Å². The van der Waals surface area contributed by atoms with Crippen LogP contribution in [0.1, 0.15) is 46.5 Å². The van der Waals surface area contributed by atoms with E-state index in [9.17, 15) is 27.9 Å². The topological polar surface area (TPSA) is 127 Å². The van der Waals surface area contributed by atoms with Crippen LogP contribution in [0.5, 0.6) is 5.75 Å². The quantitative estimate of drug-likeness (QED) is 0.411. The van der Waals surface area contributed by atoms with Crippen LogP contribution in [0.25, 0.3) is 10.6 Å². The minimum Gasteiger partial charge on any atom is -0.491 e. The zero-order valence-electron chi connectivity index (χ0n) is 21.1. The van der Waals surface area contributed by atoms with Crippen molar-refractivity contribution < 1.29 is 37.3 Å². The molecule has 0 bridgehead atoms. The molecule has 0 unspecified atom stereocenters. The predicted octanol–water partition coefficient (Wildman–Crippen LogP) is 4.43. The first-order valence-electron chi connectivity index (χ1n) is 12.1. The normalized spacial score (nSPS) is 16.5. The highest BCUT2D eigenvalue weighted by atomic mass is 32.1. The molecule has 1 aliphatic heterocycles. The maximum absolute atomic E-state index is 13.2. The molecule has 4 rings (SSSR count). The second-order valence-electron chi connectivity index (χ2n) is 8.80. The number of nitrogens with zero attached hydrogens (tertiary/aromatic N) is 4. The van der Waals surface area contributed by atoms with Gasteiger partial charge < -0.3 is 24.8 Å². The molecule has 0 aliphatic carbocycles. The van der Waals surface area contributed by atoms with E-state index in [1.165, 1.54) is 22.3 Å². The summed E-state index contributed by atoms with van der Waals surface area (Å²) in [6, 6.07) is 6.15. The third-order valence-corrected chi connectivity index (χ3v) is 7.12. The predicted molar refractivity (Wildman–Crippen MR) is 135 cm³/mol. The number of ether oxygens (including phenoxy) is 2. The van der Waals surface area contributed by atoms with Crippen molar-refractivity contribution in [3.63, 3.8) is 0 Å². The Bertz CT molecular complexity index is 1320. The van der Waals surface area contributed by atoms with E-state index in [2.05, 4.69) is 20.5 Å². The van der Waals surface area contributed by atoms with E-state index in [0.29, 0.717) is 16.3 Å². The number of halogens is 3. The lowest BCUT2D eigenvalue weighted by atomic mass is 10.1. The van der Waals surface area contributed by atoms with Crippen LogP contribution in [0.2, 0.25) is 0 Å². The zero-order chi connectivity index (χ0) is 28.2. The van der Waals surface area contributed by atoms with Crippen LogP contribution in [0, 0.1) is 0 Å². The number of morpholine rings is 1. The Hall–Kier alpha value is -3.78. The van der Waals surface area contributed by atoms with Crippen LogP contribution in [-0.2, 0) is 17.3 Å². The van der Waals surface area contributed by atoms with E-state index < -0.39 is 36.0 Å². The fraction of sp³-hybridized carbons (Fsp3) is 0.400. The first kappa shape index (κ1) is 28.2. The monoisotopic (exact) mass is 565 g/mol. The number of aromatic nitrogens is 3. The van der Waals surface area contributed by atoms with Crippen LogP contribution in [-0.4, -0.2) is 69.6 Å². The fourth-order valence-electron chi connectivity index (χ4n) is 3.80. The molecule has 1 aromatic carbocycles. The van der Waals surface area contributed by atoms with E-state index in [4.69, 9.17) is 9.47 Å². The number of carboxylic acid groups (broad SMARTS) is 1. The van der Waals surface area contributed by atoms with Gasteiger partial charge in [0.1, 0.15) is 23.5 Å². The van der Waals surface area contributed by atoms with Crippen molar-refractivity contribution in [2.24, 2.45) is 0 Å². The molecule has 3 heterocycles. The molecular weight excluding hydrogens is 539 g/mol. The maximum Gasteiger partial charge on any atom is 0.435 e. The van der Waals surface area contributed by atoms with Crippen molar-refractivity contribution in [2.75, 3.05) is 26.3 Å². The molecule has 0 spiro atoms. The van der Waals surface area contributed by atoms with Gasteiger partial charge in [-0.15, -0.1) is 16.4 Å². The molecular formula is C25H26F3N5O5S. The lowest BCUT2D eigenvalue weighted by Gasteiger charge is -2.30. The molecule has 3 aromatic rings. The lowest BCUT2D eigenvalue weighted by molar-refractivity contribution is -0.141. The summed E-state index contributed by atoms with van der Waals surface area (Å²) in [4.78, 5) is 31.2. The van der Waals surface area contributed by atoms with Gasteiger partial charge in [0.05, 0.1) is 24.9 Å². The summed E-state index contributed by atoms with van der Waals surface area (Å²) < 4.78 is 49.9. The maximum atomic E-state index is 13.2. The van der Waals surface area contributed by atoms with Gasteiger partial charge in [-0.2, -0.15) is 18.3 Å². The summed E-state index contributed by atoms with van der Waals surface area (Å²) >= 11 is 1.47. The summed E-state index contributed by atoms with van der Waals surface area (Å²) in [5.41, 5.74) is -0.0863. The first-order valence-corrected chi connectivity index (χ1v) is 12.9. The highest BCUT2D eigenvalue weighted by molar-refractivity contribution is 7.15. The molecule has 208 valence electrons. The largest absolute Gasteiger partial charge is 0.491 e. The Labute approximate surface area is 225 Å². The Morgan fingerprint density at radius 2 is 2.08 bits per heavy atom. The van der Waals surface area contributed by atoms with Gasteiger partial charge in [-0.05, 0) is 43.7 Å². The number of aryl methyl sites for hydroxylation is 1. The van der Waals surface area contributed by atoms with E-state index >= 15 is 0 Å². The van der Waals surface area contributed by atoms with Crippen molar-refractivity contribution in [1.82, 2.24) is 25.4 Å². The zero-order valence-corrected chi connectivity index (χ0v) is 21.9. The summed E-state index contributed by atoms with van der Waals surface area (Å²) in [7, 11) is 0. The highest BCUT2D eigenvalue weighted by Crippen LogP contribution is 2.31. The van der Waals surface area contributed by atoms with Crippen LogP contribution in [0.3, 0.4) is 0 Å². The third kappa shape index (κ3) is 7.20. The molecule has 2 aromatic heterocycles. The minimum absolute atomic E-state index is 0.0594. The highest BCUT2D eigenvalue weighted by Gasteiger charge is 2.33. The van der Waals surface area contributed by atoms with Crippen molar-refractivity contribution in [3.8, 4) is 16.3 Å². The smallest absolute Gasteiger partial charge is 0.435 e. The minimum atomic E-state index is -4.61. The Morgan fingerprint density at radius 3 is 2.72 bits per heavy atom. The molecule has 10 nitrogen and oxygen atoms in total. The van der Waals surface area contributed by atoms with Crippen molar-refractivity contribution in [3.05, 3.63) is 58.4 Å². The first-order chi connectivity index (χ1) is 18.5. The SMILES string of the molecule is CCc1cnc(-c2cc(OC[C@@H]3CN(C(=O)O)CCO3)cc(C(=O)N[C@H](C)c3ccc(C(F)(F)F)nn3)c2)s1. The number of hydrogen-bond donors (Lipinski definition) is 2. The molecule has 14 heteroatoms. The Morgan fingerprint density at radius 1 is 1.28 bits per heavy atom. The van der Waals surface area contributed by atoms with Crippen LogP contribution in [0.4, 0.5) is 18.0 Å². The van der Waals surface area contributed by atoms with Crippen molar-refractivity contribution in [2.45, 2.75) is 38.6 Å². The Balaban J connectivity index is 1.53. The average Bonchev–Trinajstić information content (AvgIpc) is 3.41. The molecule has 2 N–H and O–H groups in total. The summed E-state index contributed by atoms with van der Waals surface area (Å²) in [5, 5.41) is 19.5. The average molecular weight is 566 g/mol. The second kappa shape index (κ2) is 11.9. The van der Waals surface area contributed by atoms with E-state index in [1.54, 1.807) is 25.3 Å². The number of carbonyl (C=O) groups excluding carboxylic acids is 1. The molecule has 1 aliphatic rings. The van der Waals surface area contributed by atoms with Gasteiger partial charge in [-0.3, -0.25) is 4.79 Å². The third-order valence-electron chi connectivity index (χ3n) is 5.93. The second-order valence-corrected chi connectivity index (χ2v) is 9.92. The van der Waals surface area contributed by atoms with Crippen LogP contribution in [0.15, 0.2) is 36.5 Å². The molecule has 0 saturated carbocycles. The van der Waals surface area contributed by atoms with Gasteiger partial charge in [0.15, 0.2) is 5.69 Å². The summed E-state index contributed by atoms with van der Waals surface area (Å²) in [5.74, 6) is -0.155. The van der Waals surface area contributed by atoms with Gasteiger partial charge in [0.25, 0.3) is 5.91 Å². The number of benzene rings is 1. The van der Waals surface area contributed by atoms with E-state index in [0.717, 1.165) is 23.4 Å². The van der Waals surface area contributed by atoms with Gasteiger partial charge in [-0.1, -0.05) is 6.92 Å². The standard InChI is InChI=1S/C25H26F3N5O5S/c1-3-19-11-29-23(39-19)16-8-15(9-17(10-16)38-13-18-12-33(24(35)36)6-7-37-18)22(34)30-14(2)20-4-5-21(32-31-20)25(26,27)28/h4-5,8-11,14,18H,3,6-7,12-13H2,1-2H3,(H,30,34)(H,35,36)/t14-,18+/m1/s1. The molecule has 2 amide bonds. The molecule has 2 atom stereocenters. The lowest BCUT2D eigenvalue weighted by Crippen LogP contribution is -2.47. The van der Waals surface area contributed by atoms with E-state index in [-0.39, 0.29) is 37.6 Å². The van der Waals surface area contributed by atoms with Gasteiger partial charge in [-0.25, -0.2) is 9.78 Å².